The summed E-state index contributed by atoms with van der Waals surface area (Å²) in [4.78, 5) is 11.4. The van der Waals surface area contributed by atoms with Crippen LogP contribution in [0.3, 0.4) is 0 Å². The van der Waals surface area contributed by atoms with E-state index in [2.05, 4.69) is 37.4 Å². The van der Waals surface area contributed by atoms with Crippen molar-refractivity contribution in [1.82, 2.24) is 5.32 Å². The van der Waals surface area contributed by atoms with Crippen LogP contribution in [0.2, 0.25) is 0 Å². The fourth-order valence-electron chi connectivity index (χ4n) is 1.78. The van der Waals surface area contributed by atoms with Gasteiger partial charge in [0.1, 0.15) is 0 Å². The van der Waals surface area contributed by atoms with Gasteiger partial charge in [-0.2, -0.15) is 0 Å². The molecule has 1 aromatic rings. The topological polar surface area (TPSA) is 38.3 Å². The van der Waals surface area contributed by atoms with E-state index in [0.717, 1.165) is 5.56 Å². The van der Waals surface area contributed by atoms with Crippen molar-refractivity contribution in [2.24, 2.45) is 0 Å². The zero-order valence-electron chi connectivity index (χ0n) is 11.3. The van der Waals surface area contributed by atoms with Gasteiger partial charge in [0.25, 0.3) is 0 Å². The maximum absolute atomic E-state index is 11.4. The van der Waals surface area contributed by atoms with E-state index in [1.54, 1.807) is 0 Å². The Bertz CT molecular complexity index is 415. The first-order valence-electron chi connectivity index (χ1n) is 5.76. The molecule has 0 heterocycles. The Kier molecular flexibility index (Phi) is 4.29. The molecule has 0 aliphatic heterocycles. The fourth-order valence-corrected chi connectivity index (χ4v) is 1.78. The molecule has 0 saturated heterocycles. The molecule has 94 valence electrons. The monoisotopic (exact) mass is 235 g/mol. The lowest BCUT2D eigenvalue weighted by Gasteiger charge is -2.29. The Morgan fingerprint density at radius 2 is 2.00 bits per heavy atom. The van der Waals surface area contributed by atoms with Crippen LogP contribution in [0.4, 0.5) is 0 Å². The lowest BCUT2D eigenvalue weighted by Crippen LogP contribution is -2.39. The summed E-state index contributed by atoms with van der Waals surface area (Å²) < 4.78 is 4.74. The van der Waals surface area contributed by atoms with Crippen LogP contribution >= 0.6 is 0 Å². The molecule has 1 atom stereocenters. The number of benzene rings is 1. The number of ether oxygens (including phenoxy) is 1. The van der Waals surface area contributed by atoms with Gasteiger partial charge in [-0.15, -0.1) is 0 Å². The molecule has 1 aromatic carbocycles. The van der Waals surface area contributed by atoms with Gasteiger partial charge in [-0.25, -0.2) is 0 Å². The molecule has 17 heavy (non-hydrogen) atoms. The molecule has 1 rings (SSSR count). The molecule has 3 heteroatoms. The van der Waals surface area contributed by atoms with Crippen molar-refractivity contribution in [3.63, 3.8) is 0 Å². The first kappa shape index (κ1) is 13.7. The van der Waals surface area contributed by atoms with Gasteiger partial charge >= 0.3 is 5.97 Å². The summed E-state index contributed by atoms with van der Waals surface area (Å²) in [6.45, 7) is 6.16. The smallest absolute Gasteiger partial charge is 0.307 e. The molecule has 0 radical (unpaired) electrons. The molecule has 0 fully saturated rings. The van der Waals surface area contributed by atoms with Crippen LogP contribution in [0.25, 0.3) is 0 Å². The number of hydrogen-bond acceptors (Lipinski definition) is 3. The molecule has 0 saturated carbocycles. The van der Waals surface area contributed by atoms with E-state index in [1.807, 2.05) is 14.0 Å². The van der Waals surface area contributed by atoms with Gasteiger partial charge in [-0.1, -0.05) is 18.2 Å². The summed E-state index contributed by atoms with van der Waals surface area (Å²) in [5, 5.41) is 3.21. The van der Waals surface area contributed by atoms with E-state index in [4.69, 9.17) is 4.74 Å². The number of nitrogens with one attached hydrogen (secondary N) is 1. The average Bonchev–Trinajstić information content (AvgIpc) is 2.32. The quantitative estimate of drug-likeness (QED) is 0.814. The third-order valence-corrected chi connectivity index (χ3v) is 3.42. The minimum atomic E-state index is -0.383. The SMILES string of the molecule is CNC(C)(CC(=O)OC)c1ccc(C)c(C)c1. The Labute approximate surface area is 103 Å². The van der Waals surface area contributed by atoms with Crippen LogP contribution in [0.5, 0.6) is 0 Å². The van der Waals surface area contributed by atoms with Crippen molar-refractivity contribution in [2.75, 3.05) is 14.2 Å². The summed E-state index contributed by atoms with van der Waals surface area (Å²) in [6.07, 6.45) is 0.322. The zero-order valence-corrected chi connectivity index (χ0v) is 11.3. The van der Waals surface area contributed by atoms with Gasteiger partial charge in [0.2, 0.25) is 0 Å². The highest BCUT2D eigenvalue weighted by Crippen LogP contribution is 2.26. The molecule has 0 aromatic heterocycles. The van der Waals surface area contributed by atoms with Crippen LogP contribution in [0, 0.1) is 13.8 Å². The third kappa shape index (κ3) is 3.07. The van der Waals surface area contributed by atoms with E-state index in [1.165, 1.54) is 18.2 Å². The van der Waals surface area contributed by atoms with Gasteiger partial charge in [0.15, 0.2) is 0 Å². The number of esters is 1. The standard InChI is InChI=1S/C14H21NO2/c1-10-6-7-12(8-11(10)2)14(3,15-4)9-13(16)17-5/h6-8,15H,9H2,1-5H3. The lowest BCUT2D eigenvalue weighted by molar-refractivity contribution is -0.142. The molecule has 1 unspecified atom stereocenters. The van der Waals surface area contributed by atoms with Crippen molar-refractivity contribution in [2.45, 2.75) is 32.7 Å². The summed E-state index contributed by atoms with van der Waals surface area (Å²) >= 11 is 0. The normalized spacial score (nSPS) is 14.2. The molecule has 0 amide bonds. The fraction of sp³-hybridized carbons (Fsp3) is 0.500. The predicted octanol–water partition coefficient (Wildman–Crippen LogP) is 2.30. The van der Waals surface area contributed by atoms with Crippen LogP contribution in [0.1, 0.15) is 30.0 Å². The van der Waals surface area contributed by atoms with Crippen molar-refractivity contribution in [3.05, 3.63) is 34.9 Å². The lowest BCUT2D eigenvalue weighted by atomic mass is 9.87. The van der Waals surface area contributed by atoms with Crippen molar-refractivity contribution < 1.29 is 9.53 Å². The first-order chi connectivity index (χ1) is 7.92. The highest BCUT2D eigenvalue weighted by Gasteiger charge is 2.28. The Morgan fingerprint density at radius 3 is 2.47 bits per heavy atom. The van der Waals surface area contributed by atoms with Crippen LogP contribution in [-0.4, -0.2) is 20.1 Å². The molecule has 0 bridgehead atoms. The molecule has 0 aliphatic rings. The van der Waals surface area contributed by atoms with Crippen LogP contribution < -0.4 is 5.32 Å². The Balaban J connectivity index is 3.07. The second-order valence-corrected chi connectivity index (χ2v) is 4.63. The maximum atomic E-state index is 11.4. The molecular weight excluding hydrogens is 214 g/mol. The average molecular weight is 235 g/mol. The van der Waals surface area contributed by atoms with Gasteiger partial charge < -0.3 is 10.1 Å². The predicted molar refractivity (Wildman–Crippen MR) is 69.0 cm³/mol. The molecule has 3 nitrogen and oxygen atoms in total. The van der Waals surface area contributed by atoms with E-state index in [0.29, 0.717) is 6.42 Å². The maximum Gasteiger partial charge on any atom is 0.307 e. The molecule has 0 spiro atoms. The van der Waals surface area contributed by atoms with E-state index < -0.39 is 0 Å². The number of rotatable bonds is 4. The number of carbonyl (C=O) groups is 1. The number of methoxy groups -OCH3 is 1. The molecule has 0 aliphatic carbocycles. The number of aryl methyl sites for hydroxylation is 2. The van der Waals surface area contributed by atoms with Gasteiger partial charge in [-0.05, 0) is 44.5 Å². The number of hydrogen-bond donors (Lipinski definition) is 1. The summed E-state index contributed by atoms with van der Waals surface area (Å²) in [5.41, 5.74) is 3.21. The summed E-state index contributed by atoms with van der Waals surface area (Å²) in [7, 11) is 3.27. The van der Waals surface area contributed by atoms with Gasteiger partial charge in [0, 0.05) is 0 Å². The number of carbonyl (C=O) groups excluding carboxylic acids is 1. The van der Waals surface area contributed by atoms with Gasteiger partial charge in [-0.3, -0.25) is 4.79 Å². The zero-order chi connectivity index (χ0) is 13.1. The highest BCUT2D eigenvalue weighted by molar-refractivity contribution is 5.71. The van der Waals surface area contributed by atoms with Gasteiger partial charge in [0.05, 0.1) is 19.1 Å². The van der Waals surface area contributed by atoms with E-state index in [-0.39, 0.29) is 11.5 Å². The second-order valence-electron chi connectivity index (χ2n) is 4.63. The van der Waals surface area contributed by atoms with Crippen molar-refractivity contribution in [3.8, 4) is 0 Å². The van der Waals surface area contributed by atoms with Crippen molar-refractivity contribution in [1.29, 1.82) is 0 Å². The van der Waals surface area contributed by atoms with E-state index in [9.17, 15) is 4.79 Å². The van der Waals surface area contributed by atoms with Crippen LogP contribution in [-0.2, 0) is 15.1 Å². The minimum absolute atomic E-state index is 0.208. The Hall–Kier alpha value is -1.35. The third-order valence-electron chi connectivity index (χ3n) is 3.42. The molecule has 1 N–H and O–H groups in total. The summed E-state index contributed by atoms with van der Waals surface area (Å²) in [5.74, 6) is -0.208. The highest BCUT2D eigenvalue weighted by atomic mass is 16.5. The van der Waals surface area contributed by atoms with E-state index >= 15 is 0 Å². The second kappa shape index (κ2) is 5.32. The minimum Gasteiger partial charge on any atom is -0.469 e. The molecular formula is C14H21NO2. The van der Waals surface area contributed by atoms with Crippen LogP contribution in [0.15, 0.2) is 18.2 Å². The first-order valence-corrected chi connectivity index (χ1v) is 5.76. The Morgan fingerprint density at radius 1 is 1.35 bits per heavy atom. The largest absolute Gasteiger partial charge is 0.469 e. The summed E-state index contributed by atoms with van der Waals surface area (Å²) in [6, 6.07) is 6.26. The van der Waals surface area contributed by atoms with Crippen molar-refractivity contribution >= 4 is 5.97 Å².